The van der Waals surface area contributed by atoms with Crippen LogP contribution >= 0.6 is 11.8 Å². The molecule has 2 fully saturated rings. The molecular formula is C14H29N3O2S2. The number of piperidine rings is 1. The molecule has 2 atom stereocenters. The van der Waals surface area contributed by atoms with Gasteiger partial charge in [-0.25, -0.2) is 12.7 Å². The average Bonchev–Trinajstić information content (AvgIpc) is 2.47. The Kier molecular flexibility index (Phi) is 6.80. The molecule has 2 aliphatic rings. The molecule has 0 radical (unpaired) electrons. The summed E-state index contributed by atoms with van der Waals surface area (Å²) in [5, 5.41) is 0. The number of rotatable bonds is 6. The first-order chi connectivity index (χ1) is 9.99. The van der Waals surface area contributed by atoms with Crippen LogP contribution in [0.1, 0.15) is 38.5 Å². The van der Waals surface area contributed by atoms with E-state index in [0.29, 0.717) is 25.0 Å². The van der Waals surface area contributed by atoms with Crippen LogP contribution in [0.5, 0.6) is 0 Å². The predicted molar refractivity (Wildman–Crippen MR) is 89.5 cm³/mol. The number of nitrogens with one attached hydrogen (secondary N) is 1. The molecule has 0 spiro atoms. The third-order valence-electron chi connectivity index (χ3n) is 4.76. The third kappa shape index (κ3) is 5.71. The van der Waals surface area contributed by atoms with Gasteiger partial charge < -0.3 is 0 Å². The van der Waals surface area contributed by atoms with Crippen molar-refractivity contribution in [2.24, 2.45) is 17.7 Å². The summed E-state index contributed by atoms with van der Waals surface area (Å²) in [6, 6.07) is 0.322. The van der Waals surface area contributed by atoms with Crippen LogP contribution in [-0.4, -0.2) is 49.6 Å². The minimum absolute atomic E-state index is 0.322. The predicted octanol–water partition coefficient (Wildman–Crippen LogP) is 1.41. The molecule has 0 aromatic heterocycles. The number of nitrogens with two attached hydrogens (primary N) is 1. The van der Waals surface area contributed by atoms with Crippen molar-refractivity contribution >= 4 is 21.8 Å². The van der Waals surface area contributed by atoms with Crippen molar-refractivity contribution in [3.8, 4) is 0 Å². The van der Waals surface area contributed by atoms with E-state index < -0.39 is 10.0 Å². The quantitative estimate of drug-likeness (QED) is 0.567. The minimum Gasteiger partial charge on any atom is -0.271 e. The third-order valence-corrected chi connectivity index (χ3v) is 7.08. The SMILES string of the molecule is CS(=O)(=O)N1CCCC(CC(CC2CCSCC2)NN)C1. The van der Waals surface area contributed by atoms with E-state index in [9.17, 15) is 8.42 Å². The van der Waals surface area contributed by atoms with Gasteiger partial charge in [0.15, 0.2) is 0 Å². The largest absolute Gasteiger partial charge is 0.271 e. The normalized spacial score (nSPS) is 27.6. The summed E-state index contributed by atoms with van der Waals surface area (Å²) in [4.78, 5) is 0. The topological polar surface area (TPSA) is 75.4 Å². The summed E-state index contributed by atoms with van der Waals surface area (Å²) in [5.41, 5.74) is 2.98. The van der Waals surface area contributed by atoms with Crippen LogP contribution in [0.4, 0.5) is 0 Å². The molecule has 0 aromatic carbocycles. The fourth-order valence-corrected chi connectivity index (χ4v) is 5.69. The van der Waals surface area contributed by atoms with Crippen LogP contribution in [0.15, 0.2) is 0 Å². The second-order valence-corrected chi connectivity index (χ2v) is 9.73. The van der Waals surface area contributed by atoms with Gasteiger partial charge in [0.25, 0.3) is 0 Å². The summed E-state index contributed by atoms with van der Waals surface area (Å²) in [7, 11) is -3.05. The van der Waals surface area contributed by atoms with Gasteiger partial charge >= 0.3 is 0 Å². The van der Waals surface area contributed by atoms with Crippen LogP contribution in [0, 0.1) is 11.8 Å². The first-order valence-corrected chi connectivity index (χ1v) is 11.0. The van der Waals surface area contributed by atoms with Gasteiger partial charge in [0.05, 0.1) is 6.26 Å². The highest BCUT2D eigenvalue weighted by molar-refractivity contribution is 7.99. The van der Waals surface area contributed by atoms with E-state index in [1.165, 1.54) is 30.6 Å². The molecule has 2 heterocycles. The van der Waals surface area contributed by atoms with Crippen LogP contribution < -0.4 is 11.3 Å². The van der Waals surface area contributed by atoms with Gasteiger partial charge in [-0.2, -0.15) is 11.8 Å². The van der Waals surface area contributed by atoms with Gasteiger partial charge in [-0.15, -0.1) is 0 Å². The Bertz CT molecular complexity index is 410. The Morgan fingerprint density at radius 2 is 1.90 bits per heavy atom. The molecule has 0 aliphatic carbocycles. The summed E-state index contributed by atoms with van der Waals surface area (Å²) in [5.74, 6) is 9.50. The van der Waals surface area contributed by atoms with E-state index in [2.05, 4.69) is 5.43 Å². The van der Waals surface area contributed by atoms with Crippen molar-refractivity contribution in [2.45, 2.75) is 44.6 Å². The van der Waals surface area contributed by atoms with E-state index in [1.54, 1.807) is 4.31 Å². The molecule has 2 rings (SSSR count). The molecule has 0 saturated carbocycles. The lowest BCUT2D eigenvalue weighted by molar-refractivity contribution is 0.224. The maximum absolute atomic E-state index is 11.7. The molecule has 3 N–H and O–H groups in total. The molecular weight excluding hydrogens is 306 g/mol. The first-order valence-electron chi connectivity index (χ1n) is 7.98. The van der Waals surface area contributed by atoms with Gasteiger partial charge in [0.1, 0.15) is 0 Å². The molecule has 0 bridgehead atoms. The van der Waals surface area contributed by atoms with Crippen LogP contribution in [0.3, 0.4) is 0 Å². The standard InChI is InChI=1S/C14H29N3O2S2/c1-21(18,19)17-6-2-3-13(11-17)10-14(16-15)9-12-4-7-20-8-5-12/h12-14,16H,2-11,15H2,1H3. The van der Waals surface area contributed by atoms with Crippen LogP contribution in [0.2, 0.25) is 0 Å². The summed E-state index contributed by atoms with van der Waals surface area (Å²) < 4.78 is 25.0. The Balaban J connectivity index is 1.83. The second kappa shape index (κ2) is 8.15. The Hall–Kier alpha value is 0.180. The zero-order valence-electron chi connectivity index (χ0n) is 13.0. The fraction of sp³-hybridized carbons (Fsp3) is 1.00. The summed E-state index contributed by atoms with van der Waals surface area (Å²) in [6.45, 7) is 1.34. The lowest BCUT2D eigenvalue weighted by Gasteiger charge is -2.34. The second-order valence-electron chi connectivity index (χ2n) is 6.52. The van der Waals surface area contributed by atoms with E-state index in [-0.39, 0.29) is 0 Å². The van der Waals surface area contributed by atoms with Gasteiger partial charge in [0.2, 0.25) is 10.0 Å². The molecule has 7 heteroatoms. The number of nitrogens with zero attached hydrogens (tertiary/aromatic N) is 1. The zero-order chi connectivity index (χ0) is 15.3. The number of sulfonamides is 1. The van der Waals surface area contributed by atoms with Gasteiger partial charge in [-0.3, -0.25) is 11.3 Å². The van der Waals surface area contributed by atoms with E-state index >= 15 is 0 Å². The van der Waals surface area contributed by atoms with E-state index in [1.807, 2.05) is 11.8 Å². The van der Waals surface area contributed by atoms with Crippen molar-refractivity contribution in [3.63, 3.8) is 0 Å². The number of thioether (sulfide) groups is 1. The monoisotopic (exact) mass is 335 g/mol. The van der Waals surface area contributed by atoms with Crippen molar-refractivity contribution in [3.05, 3.63) is 0 Å². The number of hydrogen-bond acceptors (Lipinski definition) is 5. The van der Waals surface area contributed by atoms with Crippen molar-refractivity contribution in [2.75, 3.05) is 30.9 Å². The summed E-state index contributed by atoms with van der Waals surface area (Å²) >= 11 is 2.05. The van der Waals surface area contributed by atoms with Crippen LogP contribution in [-0.2, 0) is 10.0 Å². The first kappa shape index (κ1) is 17.5. The van der Waals surface area contributed by atoms with E-state index in [0.717, 1.165) is 31.6 Å². The van der Waals surface area contributed by atoms with Crippen molar-refractivity contribution in [1.29, 1.82) is 0 Å². The molecule has 124 valence electrons. The molecule has 0 aromatic rings. The average molecular weight is 336 g/mol. The van der Waals surface area contributed by atoms with Crippen molar-refractivity contribution in [1.82, 2.24) is 9.73 Å². The zero-order valence-corrected chi connectivity index (χ0v) is 14.6. The molecule has 0 amide bonds. The fourth-order valence-electron chi connectivity index (χ4n) is 3.54. The van der Waals surface area contributed by atoms with Gasteiger partial charge in [-0.05, 0) is 61.9 Å². The molecule has 2 unspecified atom stereocenters. The molecule has 2 aliphatic heterocycles. The van der Waals surface area contributed by atoms with Crippen molar-refractivity contribution < 1.29 is 8.42 Å². The summed E-state index contributed by atoms with van der Waals surface area (Å²) in [6.07, 6.45) is 8.11. The van der Waals surface area contributed by atoms with Gasteiger partial charge in [0, 0.05) is 19.1 Å². The highest BCUT2D eigenvalue weighted by Gasteiger charge is 2.28. The smallest absolute Gasteiger partial charge is 0.211 e. The van der Waals surface area contributed by atoms with E-state index in [4.69, 9.17) is 5.84 Å². The van der Waals surface area contributed by atoms with Crippen LogP contribution in [0.25, 0.3) is 0 Å². The number of hydrogen-bond donors (Lipinski definition) is 2. The Morgan fingerprint density at radius 3 is 2.52 bits per heavy atom. The minimum atomic E-state index is -3.05. The molecule has 5 nitrogen and oxygen atoms in total. The maximum atomic E-state index is 11.7. The lowest BCUT2D eigenvalue weighted by atomic mass is 9.87. The number of hydrazine groups is 1. The Morgan fingerprint density at radius 1 is 1.24 bits per heavy atom. The Labute approximate surface area is 133 Å². The highest BCUT2D eigenvalue weighted by atomic mass is 32.2. The van der Waals surface area contributed by atoms with Gasteiger partial charge in [-0.1, -0.05) is 0 Å². The highest BCUT2D eigenvalue weighted by Crippen LogP contribution is 2.29. The lowest BCUT2D eigenvalue weighted by Crippen LogP contribution is -2.44. The maximum Gasteiger partial charge on any atom is 0.211 e. The molecule has 21 heavy (non-hydrogen) atoms. The molecule has 2 saturated heterocycles.